The van der Waals surface area contributed by atoms with E-state index in [4.69, 9.17) is 18.0 Å². The van der Waals surface area contributed by atoms with E-state index < -0.39 is 5.41 Å². The second kappa shape index (κ2) is 5.60. The van der Waals surface area contributed by atoms with Crippen molar-refractivity contribution < 1.29 is 4.79 Å². The zero-order valence-electron chi connectivity index (χ0n) is 10.4. The topological polar surface area (TPSA) is 46.3 Å². The van der Waals surface area contributed by atoms with E-state index in [2.05, 4.69) is 6.07 Å². The lowest BCUT2D eigenvalue weighted by Crippen LogP contribution is -2.46. The normalized spacial score (nSPS) is 11.2. The average molecular weight is 270 g/mol. The zero-order valence-corrected chi connectivity index (χ0v) is 12.0. The van der Waals surface area contributed by atoms with Gasteiger partial charge < -0.3 is 10.6 Å². The molecule has 3 nitrogen and oxygen atoms in total. The van der Waals surface area contributed by atoms with Crippen molar-refractivity contribution in [2.75, 3.05) is 13.6 Å². The lowest BCUT2D eigenvalue weighted by molar-refractivity contribution is -0.135. The molecule has 0 bridgehead atoms. The number of nitrogens with zero attached hydrogens (tertiary/aromatic N) is 1. The lowest BCUT2D eigenvalue weighted by atomic mass is 9.91. The molecule has 1 amide bonds. The maximum absolute atomic E-state index is 12.1. The summed E-state index contributed by atoms with van der Waals surface area (Å²) in [7, 11) is 1.79. The first-order valence-electron chi connectivity index (χ1n) is 5.43. The van der Waals surface area contributed by atoms with Crippen LogP contribution < -0.4 is 5.73 Å². The molecule has 1 aromatic rings. The van der Waals surface area contributed by atoms with E-state index in [1.807, 2.05) is 11.4 Å². The Morgan fingerprint density at radius 2 is 2.24 bits per heavy atom. The van der Waals surface area contributed by atoms with Crippen LogP contribution in [-0.4, -0.2) is 29.4 Å². The van der Waals surface area contributed by atoms with Gasteiger partial charge in [0.2, 0.25) is 5.91 Å². The van der Waals surface area contributed by atoms with Crippen molar-refractivity contribution >= 4 is 34.5 Å². The van der Waals surface area contributed by atoms with Crippen molar-refractivity contribution in [3.8, 4) is 0 Å². The fourth-order valence-corrected chi connectivity index (χ4v) is 2.20. The molecule has 1 heterocycles. The van der Waals surface area contributed by atoms with Crippen LogP contribution in [0.2, 0.25) is 0 Å². The van der Waals surface area contributed by atoms with Crippen molar-refractivity contribution in [1.29, 1.82) is 0 Å². The maximum Gasteiger partial charge on any atom is 0.234 e. The van der Waals surface area contributed by atoms with Crippen LogP contribution in [0.5, 0.6) is 0 Å². The molecule has 5 heteroatoms. The molecule has 0 atom stereocenters. The molecule has 0 aliphatic heterocycles. The summed E-state index contributed by atoms with van der Waals surface area (Å²) >= 11 is 6.63. The standard InChI is InChI=1S/C12H18N2OS2/c1-12(2,10(13)16)11(15)14(3)7-6-9-5-4-8-17-9/h4-5,8H,6-7H2,1-3H3,(H2,13,16). The first-order valence-corrected chi connectivity index (χ1v) is 6.72. The van der Waals surface area contributed by atoms with Gasteiger partial charge in [0.1, 0.15) is 0 Å². The van der Waals surface area contributed by atoms with Gasteiger partial charge in [-0.05, 0) is 31.7 Å². The lowest BCUT2D eigenvalue weighted by Gasteiger charge is -2.28. The molecule has 0 aliphatic rings. The molecule has 1 rings (SSSR count). The van der Waals surface area contributed by atoms with E-state index >= 15 is 0 Å². The zero-order chi connectivity index (χ0) is 13.1. The van der Waals surface area contributed by atoms with Gasteiger partial charge in [0, 0.05) is 18.5 Å². The van der Waals surface area contributed by atoms with Gasteiger partial charge in [0.05, 0.1) is 10.4 Å². The largest absolute Gasteiger partial charge is 0.392 e. The van der Waals surface area contributed by atoms with Crippen molar-refractivity contribution in [2.45, 2.75) is 20.3 Å². The third-order valence-corrected chi connectivity index (χ3v) is 4.22. The third-order valence-electron chi connectivity index (χ3n) is 2.77. The molecule has 0 saturated heterocycles. The summed E-state index contributed by atoms with van der Waals surface area (Å²) < 4.78 is 0. The van der Waals surface area contributed by atoms with Crippen LogP contribution in [0.1, 0.15) is 18.7 Å². The summed E-state index contributed by atoms with van der Waals surface area (Å²) in [5, 5.41) is 2.04. The molecule has 1 aromatic heterocycles. The van der Waals surface area contributed by atoms with Gasteiger partial charge in [-0.15, -0.1) is 11.3 Å². The van der Waals surface area contributed by atoms with E-state index in [9.17, 15) is 4.79 Å². The van der Waals surface area contributed by atoms with Gasteiger partial charge in [-0.25, -0.2) is 0 Å². The van der Waals surface area contributed by atoms with Crippen molar-refractivity contribution in [3.63, 3.8) is 0 Å². The van der Waals surface area contributed by atoms with E-state index in [0.29, 0.717) is 6.54 Å². The van der Waals surface area contributed by atoms with Crippen molar-refractivity contribution in [1.82, 2.24) is 4.90 Å². The molecule has 0 spiro atoms. The Balaban J connectivity index is 2.56. The van der Waals surface area contributed by atoms with Crippen LogP contribution >= 0.6 is 23.6 Å². The van der Waals surface area contributed by atoms with Crippen LogP contribution in [-0.2, 0) is 11.2 Å². The third kappa shape index (κ3) is 3.51. The van der Waals surface area contributed by atoms with Crippen LogP contribution in [0.25, 0.3) is 0 Å². The quantitative estimate of drug-likeness (QED) is 0.833. The number of rotatable bonds is 5. The second-order valence-electron chi connectivity index (χ2n) is 4.55. The summed E-state index contributed by atoms with van der Waals surface area (Å²) in [6.07, 6.45) is 0.868. The number of thiocarbonyl (C=S) groups is 1. The van der Waals surface area contributed by atoms with Gasteiger partial charge >= 0.3 is 0 Å². The second-order valence-corrected chi connectivity index (χ2v) is 6.02. The van der Waals surface area contributed by atoms with E-state index in [0.717, 1.165) is 6.42 Å². The number of carbonyl (C=O) groups is 1. The van der Waals surface area contributed by atoms with Crippen LogP contribution in [0.4, 0.5) is 0 Å². The molecule has 0 unspecified atom stereocenters. The molecular formula is C12H18N2OS2. The summed E-state index contributed by atoms with van der Waals surface area (Å²) in [6, 6.07) is 4.09. The van der Waals surface area contributed by atoms with E-state index in [1.165, 1.54) is 4.88 Å². The fourth-order valence-electron chi connectivity index (χ4n) is 1.42. The van der Waals surface area contributed by atoms with Crippen molar-refractivity contribution in [3.05, 3.63) is 22.4 Å². The number of carbonyl (C=O) groups excluding carboxylic acids is 1. The summed E-state index contributed by atoms with van der Waals surface area (Å²) in [4.78, 5) is 15.3. The number of thiophene rings is 1. The summed E-state index contributed by atoms with van der Waals surface area (Å²) in [6.45, 7) is 4.21. The van der Waals surface area contributed by atoms with E-state index in [1.54, 1.807) is 37.1 Å². The average Bonchev–Trinajstić information content (AvgIpc) is 2.77. The molecular weight excluding hydrogens is 252 g/mol. The SMILES string of the molecule is CN(CCc1cccs1)C(=O)C(C)(C)C(N)=S. The Kier molecular flexibility index (Phi) is 4.65. The van der Waals surface area contributed by atoms with Crippen LogP contribution in [0, 0.1) is 5.41 Å². The summed E-state index contributed by atoms with van der Waals surface area (Å²) in [5.41, 5.74) is 4.82. The first-order chi connectivity index (χ1) is 7.85. The smallest absolute Gasteiger partial charge is 0.234 e. The minimum absolute atomic E-state index is 0.0263. The Hall–Kier alpha value is -0.940. The number of likely N-dealkylation sites (N-methyl/N-ethyl adjacent to an activating group) is 1. The molecule has 0 aromatic carbocycles. The Labute approximate surface area is 112 Å². The number of nitrogens with two attached hydrogens (primary N) is 1. The minimum Gasteiger partial charge on any atom is -0.392 e. The molecule has 17 heavy (non-hydrogen) atoms. The molecule has 2 N–H and O–H groups in total. The Morgan fingerprint density at radius 1 is 1.59 bits per heavy atom. The van der Waals surface area contributed by atoms with E-state index in [-0.39, 0.29) is 10.9 Å². The van der Waals surface area contributed by atoms with Gasteiger partial charge in [0.25, 0.3) is 0 Å². The highest BCUT2D eigenvalue weighted by molar-refractivity contribution is 7.80. The molecule has 0 radical (unpaired) electrons. The summed E-state index contributed by atoms with van der Waals surface area (Å²) in [5.74, 6) is -0.0263. The van der Waals surface area contributed by atoms with Crippen LogP contribution in [0.3, 0.4) is 0 Å². The highest BCUT2D eigenvalue weighted by Crippen LogP contribution is 2.19. The predicted octanol–water partition coefficient (Wildman–Crippen LogP) is 2.06. The monoisotopic (exact) mass is 270 g/mol. The molecule has 0 fully saturated rings. The van der Waals surface area contributed by atoms with Crippen LogP contribution in [0.15, 0.2) is 17.5 Å². The predicted molar refractivity (Wildman–Crippen MR) is 76.2 cm³/mol. The highest BCUT2D eigenvalue weighted by atomic mass is 32.1. The maximum atomic E-state index is 12.1. The highest BCUT2D eigenvalue weighted by Gasteiger charge is 2.33. The number of amides is 1. The number of hydrogen-bond acceptors (Lipinski definition) is 3. The Bertz CT molecular complexity index is 399. The molecule has 94 valence electrons. The first kappa shape index (κ1) is 14.1. The van der Waals surface area contributed by atoms with Gasteiger partial charge in [0.15, 0.2) is 0 Å². The van der Waals surface area contributed by atoms with Gasteiger partial charge in [-0.2, -0.15) is 0 Å². The molecule has 0 aliphatic carbocycles. The fraction of sp³-hybridized carbons (Fsp3) is 0.500. The van der Waals surface area contributed by atoms with Gasteiger partial charge in [-0.1, -0.05) is 18.3 Å². The molecule has 0 saturated carbocycles. The van der Waals surface area contributed by atoms with Crippen molar-refractivity contribution in [2.24, 2.45) is 11.1 Å². The van der Waals surface area contributed by atoms with Gasteiger partial charge in [-0.3, -0.25) is 4.79 Å². The Morgan fingerprint density at radius 3 is 2.71 bits per heavy atom. The minimum atomic E-state index is -0.764. The number of hydrogen-bond donors (Lipinski definition) is 1.